The Kier molecular flexibility index (Phi) is 5.43. The predicted octanol–water partition coefficient (Wildman–Crippen LogP) is 2.62. The summed E-state index contributed by atoms with van der Waals surface area (Å²) in [5.74, 6) is -0.940. The molecule has 0 bridgehead atoms. The first kappa shape index (κ1) is 18.1. The summed E-state index contributed by atoms with van der Waals surface area (Å²) in [5.41, 5.74) is 2.37. The van der Waals surface area contributed by atoms with Crippen LogP contribution in [0.1, 0.15) is 21.5 Å². The molecule has 0 fully saturated rings. The highest BCUT2D eigenvalue weighted by molar-refractivity contribution is 6.07. The number of amides is 1. The first-order chi connectivity index (χ1) is 13.1. The zero-order chi connectivity index (χ0) is 19.2. The van der Waals surface area contributed by atoms with E-state index in [1.807, 2.05) is 18.2 Å². The fraction of sp³-hybridized carbons (Fsp3) is 0.143. The van der Waals surface area contributed by atoms with E-state index in [2.05, 4.69) is 16.4 Å². The Bertz CT molecular complexity index is 1030. The first-order valence-corrected chi connectivity index (χ1v) is 8.34. The van der Waals surface area contributed by atoms with Crippen LogP contribution in [0.15, 0.2) is 60.8 Å². The molecule has 6 heteroatoms. The SMILES string of the molecule is COC(=O)[C@H](Cc1cccc(C#N)c1)NC(=O)c1ccnc2ccccc12. The number of aromatic nitrogens is 1. The van der Waals surface area contributed by atoms with Crippen LogP contribution in [0.25, 0.3) is 10.9 Å². The van der Waals surface area contributed by atoms with Crippen LogP contribution in [0.3, 0.4) is 0 Å². The van der Waals surface area contributed by atoms with Gasteiger partial charge in [0.25, 0.3) is 5.91 Å². The molecule has 1 atom stereocenters. The molecule has 0 radical (unpaired) electrons. The second-order valence-electron chi connectivity index (χ2n) is 5.94. The highest BCUT2D eigenvalue weighted by Crippen LogP contribution is 2.17. The highest BCUT2D eigenvalue weighted by atomic mass is 16.5. The average molecular weight is 359 g/mol. The van der Waals surface area contributed by atoms with Crippen molar-refractivity contribution in [1.82, 2.24) is 10.3 Å². The molecule has 134 valence electrons. The molecular formula is C21H17N3O3. The number of benzene rings is 2. The lowest BCUT2D eigenvalue weighted by Crippen LogP contribution is -2.43. The van der Waals surface area contributed by atoms with E-state index in [0.717, 1.165) is 5.56 Å². The summed E-state index contributed by atoms with van der Waals surface area (Å²) in [5, 5.41) is 12.5. The molecule has 3 aromatic rings. The number of rotatable bonds is 5. The maximum Gasteiger partial charge on any atom is 0.328 e. The van der Waals surface area contributed by atoms with E-state index in [9.17, 15) is 9.59 Å². The van der Waals surface area contributed by atoms with E-state index in [0.29, 0.717) is 22.0 Å². The maximum atomic E-state index is 12.8. The van der Waals surface area contributed by atoms with Gasteiger partial charge in [-0.3, -0.25) is 9.78 Å². The van der Waals surface area contributed by atoms with Crippen LogP contribution >= 0.6 is 0 Å². The van der Waals surface area contributed by atoms with Crippen LogP contribution in [0.2, 0.25) is 0 Å². The van der Waals surface area contributed by atoms with E-state index < -0.39 is 12.0 Å². The number of nitrogens with one attached hydrogen (secondary N) is 1. The smallest absolute Gasteiger partial charge is 0.328 e. The summed E-state index contributed by atoms with van der Waals surface area (Å²) >= 11 is 0. The quantitative estimate of drug-likeness (QED) is 0.707. The van der Waals surface area contributed by atoms with Crippen molar-refractivity contribution >= 4 is 22.8 Å². The zero-order valence-electron chi connectivity index (χ0n) is 14.7. The van der Waals surface area contributed by atoms with E-state index in [1.54, 1.807) is 42.6 Å². The van der Waals surface area contributed by atoms with Crippen LogP contribution in [0.5, 0.6) is 0 Å². The molecule has 1 N–H and O–H groups in total. The van der Waals surface area contributed by atoms with Gasteiger partial charge in [0.05, 0.1) is 29.8 Å². The lowest BCUT2D eigenvalue weighted by atomic mass is 10.0. The molecule has 1 heterocycles. The molecule has 27 heavy (non-hydrogen) atoms. The monoisotopic (exact) mass is 359 g/mol. The first-order valence-electron chi connectivity index (χ1n) is 8.34. The second kappa shape index (κ2) is 8.11. The second-order valence-corrected chi connectivity index (χ2v) is 5.94. The van der Waals surface area contributed by atoms with Gasteiger partial charge in [0.15, 0.2) is 0 Å². The minimum absolute atomic E-state index is 0.219. The van der Waals surface area contributed by atoms with Crippen molar-refractivity contribution in [2.24, 2.45) is 0 Å². The predicted molar refractivity (Wildman–Crippen MR) is 99.9 cm³/mol. The minimum atomic E-state index is -0.872. The molecule has 6 nitrogen and oxygen atoms in total. The van der Waals surface area contributed by atoms with Gasteiger partial charge in [-0.15, -0.1) is 0 Å². The molecule has 3 rings (SSSR count). The zero-order valence-corrected chi connectivity index (χ0v) is 14.7. The van der Waals surface area contributed by atoms with Crippen molar-refractivity contribution in [2.75, 3.05) is 7.11 Å². The van der Waals surface area contributed by atoms with Gasteiger partial charge in [0.1, 0.15) is 6.04 Å². The van der Waals surface area contributed by atoms with E-state index >= 15 is 0 Å². The number of carbonyl (C=O) groups is 2. The lowest BCUT2D eigenvalue weighted by molar-refractivity contribution is -0.142. The number of nitriles is 1. The van der Waals surface area contributed by atoms with Gasteiger partial charge in [-0.1, -0.05) is 30.3 Å². The van der Waals surface area contributed by atoms with Gasteiger partial charge in [0.2, 0.25) is 0 Å². The van der Waals surface area contributed by atoms with Crippen LogP contribution in [-0.2, 0) is 16.0 Å². The van der Waals surface area contributed by atoms with Gasteiger partial charge >= 0.3 is 5.97 Å². The fourth-order valence-corrected chi connectivity index (χ4v) is 2.87. The molecule has 1 amide bonds. The van der Waals surface area contributed by atoms with Crippen molar-refractivity contribution in [2.45, 2.75) is 12.5 Å². The molecule has 2 aromatic carbocycles. The van der Waals surface area contributed by atoms with Crippen molar-refractivity contribution in [3.63, 3.8) is 0 Å². The lowest BCUT2D eigenvalue weighted by Gasteiger charge is -2.17. The number of methoxy groups -OCH3 is 1. The number of ether oxygens (including phenoxy) is 1. The van der Waals surface area contributed by atoms with Gasteiger partial charge in [-0.2, -0.15) is 5.26 Å². The number of fused-ring (bicyclic) bond motifs is 1. The Balaban J connectivity index is 1.86. The summed E-state index contributed by atoms with van der Waals surface area (Å²) in [7, 11) is 1.27. The van der Waals surface area contributed by atoms with Crippen LogP contribution in [0.4, 0.5) is 0 Å². The Hall–Kier alpha value is -3.72. The number of para-hydroxylation sites is 1. The van der Waals surface area contributed by atoms with Crippen molar-refractivity contribution in [3.8, 4) is 6.07 Å². The number of pyridine rings is 1. The van der Waals surface area contributed by atoms with Crippen LogP contribution in [-0.4, -0.2) is 30.0 Å². The van der Waals surface area contributed by atoms with Crippen molar-refractivity contribution in [3.05, 3.63) is 77.5 Å². The molecule has 0 aliphatic carbocycles. The third-order valence-electron chi connectivity index (χ3n) is 4.18. The molecule has 1 aromatic heterocycles. The molecule has 0 spiro atoms. The Morgan fingerprint density at radius 1 is 1.19 bits per heavy atom. The van der Waals surface area contributed by atoms with Crippen LogP contribution in [0, 0.1) is 11.3 Å². The van der Waals surface area contributed by atoms with Gasteiger partial charge in [-0.05, 0) is 29.8 Å². The molecule has 0 unspecified atom stereocenters. The molecule has 0 aliphatic heterocycles. The average Bonchev–Trinajstić information content (AvgIpc) is 2.72. The Morgan fingerprint density at radius 3 is 2.78 bits per heavy atom. The number of carbonyl (C=O) groups excluding carboxylic acids is 2. The normalized spacial score (nSPS) is 11.4. The molecule has 0 saturated heterocycles. The number of hydrogen-bond acceptors (Lipinski definition) is 5. The van der Waals surface area contributed by atoms with Gasteiger partial charge < -0.3 is 10.1 Å². The molecular weight excluding hydrogens is 342 g/mol. The topological polar surface area (TPSA) is 92.1 Å². The standard InChI is InChI=1S/C21H17N3O3/c1-27-21(26)19(12-14-5-4-6-15(11-14)13-22)24-20(25)17-9-10-23-18-8-3-2-7-16(17)18/h2-11,19H,12H2,1H3,(H,24,25)/t19-/m0/s1. The van der Waals surface area contributed by atoms with Gasteiger partial charge in [-0.25, -0.2) is 4.79 Å². The molecule has 0 saturated carbocycles. The van der Waals surface area contributed by atoms with Crippen LogP contribution < -0.4 is 5.32 Å². The van der Waals surface area contributed by atoms with Crippen molar-refractivity contribution < 1.29 is 14.3 Å². The summed E-state index contributed by atoms with van der Waals surface area (Å²) in [6.07, 6.45) is 1.78. The Labute approximate surface area is 156 Å². The Morgan fingerprint density at radius 2 is 2.00 bits per heavy atom. The van der Waals surface area contributed by atoms with Crippen molar-refractivity contribution in [1.29, 1.82) is 5.26 Å². The highest BCUT2D eigenvalue weighted by Gasteiger charge is 2.23. The van der Waals surface area contributed by atoms with E-state index in [1.165, 1.54) is 7.11 Å². The summed E-state index contributed by atoms with van der Waals surface area (Å²) < 4.78 is 4.83. The summed E-state index contributed by atoms with van der Waals surface area (Å²) in [6.45, 7) is 0. The molecule has 0 aliphatic rings. The third kappa shape index (κ3) is 4.10. The number of hydrogen-bond donors (Lipinski definition) is 1. The number of nitrogens with zero attached hydrogens (tertiary/aromatic N) is 2. The third-order valence-corrected chi connectivity index (χ3v) is 4.18. The van der Waals surface area contributed by atoms with Gasteiger partial charge in [0, 0.05) is 18.0 Å². The fourth-order valence-electron chi connectivity index (χ4n) is 2.87. The largest absolute Gasteiger partial charge is 0.467 e. The van der Waals surface area contributed by atoms with E-state index in [4.69, 9.17) is 10.00 Å². The summed E-state index contributed by atoms with van der Waals surface area (Å²) in [4.78, 5) is 29.2. The van der Waals surface area contributed by atoms with E-state index in [-0.39, 0.29) is 12.3 Å². The number of esters is 1. The maximum absolute atomic E-state index is 12.8. The minimum Gasteiger partial charge on any atom is -0.467 e. The summed E-state index contributed by atoms with van der Waals surface area (Å²) in [6, 6.07) is 17.0.